The second-order valence-electron chi connectivity index (χ2n) is 7.13. The van der Waals surface area contributed by atoms with Gasteiger partial charge in [-0.3, -0.25) is 0 Å². The molecule has 28 heavy (non-hydrogen) atoms. The van der Waals surface area contributed by atoms with E-state index < -0.39 is 17.4 Å². The van der Waals surface area contributed by atoms with Crippen LogP contribution in [0.2, 0.25) is 0 Å². The van der Waals surface area contributed by atoms with E-state index in [9.17, 15) is 0 Å². The van der Waals surface area contributed by atoms with Crippen molar-refractivity contribution in [1.82, 2.24) is 0 Å². The Morgan fingerprint density at radius 1 is 0.643 bits per heavy atom. The summed E-state index contributed by atoms with van der Waals surface area (Å²) in [6.45, 7) is 4.47. The first-order valence-corrected chi connectivity index (χ1v) is 11.7. The molecule has 0 unspecified atom stereocenters. The molecule has 2 aliphatic carbocycles. The topological polar surface area (TPSA) is 0 Å². The molecule has 0 N–H and O–H groups in total. The summed E-state index contributed by atoms with van der Waals surface area (Å²) in [6.07, 6.45) is 12.0. The molecule has 4 rings (SSSR count). The van der Waals surface area contributed by atoms with Gasteiger partial charge in [-0.25, -0.2) is 0 Å². The maximum atomic E-state index is 2.47. The minimum atomic E-state index is -1.81. The molecule has 0 fully saturated rings. The van der Waals surface area contributed by atoms with Gasteiger partial charge in [0.1, 0.15) is 0 Å². The third kappa shape index (κ3) is 4.94. The van der Waals surface area contributed by atoms with Crippen molar-refractivity contribution >= 4 is 28.6 Å². The maximum absolute atomic E-state index is 2.47. The average Bonchev–Trinajstić information content (AvgIpc) is 3.29. The minimum absolute atomic E-state index is 0. The average molecular weight is 445 g/mol. The van der Waals surface area contributed by atoms with Gasteiger partial charge in [-0.15, -0.1) is 24.8 Å². The molecule has 0 radical (unpaired) electrons. The Morgan fingerprint density at radius 2 is 1.04 bits per heavy atom. The van der Waals surface area contributed by atoms with Crippen molar-refractivity contribution in [3.05, 3.63) is 115 Å². The Hall–Kier alpha value is -1.44. The number of hydrogen-bond donors (Lipinski definition) is 0. The molecule has 0 aromatic heterocycles. The molecule has 2 aromatic carbocycles. The number of rotatable bonds is 4. The van der Waals surface area contributed by atoms with Crippen molar-refractivity contribution in [1.29, 1.82) is 0 Å². The molecule has 2 aromatic rings. The van der Waals surface area contributed by atoms with E-state index in [1.807, 2.05) is 0 Å². The van der Waals surface area contributed by atoms with E-state index in [4.69, 9.17) is 0 Å². The largest absolute Gasteiger partial charge is 0.147 e. The SMILES string of the molecule is CC1=CC[C]([Ti]([C]2=CC(C)=CC2)=[C](c2ccccc2)c2ccccc2)=C1.Cl.Cl. The summed E-state index contributed by atoms with van der Waals surface area (Å²) in [6, 6.07) is 22.1. The molecule has 0 bridgehead atoms. The van der Waals surface area contributed by atoms with Crippen molar-refractivity contribution in [3.63, 3.8) is 0 Å². The number of benzene rings is 2. The van der Waals surface area contributed by atoms with E-state index in [2.05, 4.69) is 98.8 Å². The van der Waals surface area contributed by atoms with Crippen molar-refractivity contribution in [2.24, 2.45) is 0 Å². The van der Waals surface area contributed by atoms with Crippen LogP contribution in [-0.4, -0.2) is 3.81 Å². The van der Waals surface area contributed by atoms with Crippen LogP contribution in [0.4, 0.5) is 0 Å². The van der Waals surface area contributed by atoms with E-state index in [1.54, 1.807) is 11.6 Å². The zero-order chi connectivity index (χ0) is 17.9. The third-order valence-electron chi connectivity index (χ3n) is 5.11. The van der Waals surface area contributed by atoms with E-state index in [1.165, 1.54) is 22.3 Å². The van der Waals surface area contributed by atoms with Crippen LogP contribution < -0.4 is 0 Å². The summed E-state index contributed by atoms with van der Waals surface area (Å²) >= 11 is -1.81. The van der Waals surface area contributed by atoms with Crippen LogP contribution in [0.15, 0.2) is 104 Å². The van der Waals surface area contributed by atoms with Gasteiger partial charge < -0.3 is 0 Å². The summed E-state index contributed by atoms with van der Waals surface area (Å²) in [5.41, 5.74) is 5.64. The Bertz CT molecular complexity index is 898. The van der Waals surface area contributed by atoms with Crippen molar-refractivity contribution in [2.45, 2.75) is 26.7 Å². The van der Waals surface area contributed by atoms with Crippen LogP contribution >= 0.6 is 24.8 Å². The Balaban J connectivity index is 0.00000140. The quantitative estimate of drug-likeness (QED) is 0.437. The molecule has 0 nitrogen and oxygen atoms in total. The van der Waals surface area contributed by atoms with Gasteiger partial charge in [0.2, 0.25) is 0 Å². The van der Waals surface area contributed by atoms with Crippen LogP contribution in [0.1, 0.15) is 37.8 Å². The van der Waals surface area contributed by atoms with Crippen LogP contribution in [-0.2, 0) is 17.4 Å². The van der Waals surface area contributed by atoms with Gasteiger partial charge in [0.05, 0.1) is 0 Å². The van der Waals surface area contributed by atoms with E-state index in [-0.39, 0.29) is 24.8 Å². The summed E-state index contributed by atoms with van der Waals surface area (Å²) in [4.78, 5) is 0. The number of hydrogen-bond acceptors (Lipinski definition) is 0. The Labute approximate surface area is 186 Å². The predicted octanol–water partition coefficient (Wildman–Crippen LogP) is 7.19. The monoisotopic (exact) mass is 444 g/mol. The maximum Gasteiger partial charge on any atom is -0.147 e. The molecule has 0 amide bonds. The van der Waals surface area contributed by atoms with Crippen LogP contribution in [0.3, 0.4) is 0 Å². The molecule has 0 heterocycles. The molecular weight excluding hydrogens is 419 g/mol. The third-order valence-corrected chi connectivity index (χ3v) is 9.89. The van der Waals surface area contributed by atoms with Crippen molar-refractivity contribution in [3.8, 4) is 0 Å². The van der Waals surface area contributed by atoms with Gasteiger partial charge in [0.15, 0.2) is 0 Å². The summed E-state index contributed by atoms with van der Waals surface area (Å²) < 4.78 is 4.95. The van der Waals surface area contributed by atoms with Gasteiger partial charge in [-0.2, -0.15) is 0 Å². The fraction of sp³-hybridized carbons (Fsp3) is 0.160. The van der Waals surface area contributed by atoms with E-state index >= 15 is 0 Å². The zero-order valence-corrected chi connectivity index (χ0v) is 19.5. The van der Waals surface area contributed by atoms with Crippen LogP contribution in [0.5, 0.6) is 0 Å². The number of halogens is 2. The van der Waals surface area contributed by atoms with Gasteiger partial charge in [-0.05, 0) is 0 Å². The summed E-state index contributed by atoms with van der Waals surface area (Å²) in [5, 5.41) is 0. The molecule has 144 valence electrons. The van der Waals surface area contributed by atoms with Crippen LogP contribution in [0.25, 0.3) is 0 Å². The molecule has 0 saturated carbocycles. The summed E-state index contributed by atoms with van der Waals surface area (Å²) in [7, 11) is 0. The first-order chi connectivity index (χ1) is 12.7. The standard InChI is InChI=1S/C13H10.2C6H7.2ClH.Ti/c1-3-7-12(8-4-1)11-13-9-5-2-6-10-13;2*1-6-4-2-3-5-6;;;/h1-10H;2*4-5H,2H2,1H3;2*1H;. The minimum Gasteiger partial charge on any atom is -0.147 e. The molecule has 0 atom stereocenters. The molecular formula is C25H26Cl2Ti. The van der Waals surface area contributed by atoms with Gasteiger partial charge in [-0.1, -0.05) is 0 Å². The molecule has 3 heteroatoms. The van der Waals surface area contributed by atoms with E-state index in [0.29, 0.717) is 0 Å². The first-order valence-electron chi connectivity index (χ1n) is 9.33. The fourth-order valence-electron chi connectivity index (χ4n) is 3.87. The molecule has 2 aliphatic rings. The Kier molecular flexibility index (Phi) is 8.46. The second kappa shape index (κ2) is 10.4. The normalized spacial score (nSPS) is 14.8. The molecule has 0 saturated heterocycles. The van der Waals surface area contributed by atoms with Crippen LogP contribution in [0, 0.1) is 0 Å². The zero-order valence-electron chi connectivity index (χ0n) is 16.3. The molecule has 0 aliphatic heterocycles. The van der Waals surface area contributed by atoms with Gasteiger partial charge >= 0.3 is 163 Å². The fourth-order valence-corrected chi connectivity index (χ4v) is 9.06. The number of allylic oxidation sites excluding steroid dienone is 8. The second-order valence-corrected chi connectivity index (χ2v) is 11.1. The van der Waals surface area contributed by atoms with Gasteiger partial charge in [0.25, 0.3) is 0 Å². The Morgan fingerprint density at radius 3 is 1.36 bits per heavy atom. The first kappa shape index (κ1) is 22.8. The molecule has 0 spiro atoms. The van der Waals surface area contributed by atoms with Crippen molar-refractivity contribution in [2.75, 3.05) is 0 Å². The van der Waals surface area contributed by atoms with E-state index in [0.717, 1.165) is 12.8 Å². The summed E-state index contributed by atoms with van der Waals surface area (Å²) in [5.74, 6) is 0. The van der Waals surface area contributed by atoms with Gasteiger partial charge in [0, 0.05) is 0 Å². The van der Waals surface area contributed by atoms with Crippen molar-refractivity contribution < 1.29 is 17.4 Å². The predicted molar refractivity (Wildman–Crippen MR) is 124 cm³/mol. The smallest absolute Gasteiger partial charge is 0.147 e.